The number of anilines is 1. The molecule has 3 aromatic rings. The van der Waals surface area contributed by atoms with Crippen LogP contribution in [0.3, 0.4) is 0 Å². The number of sulfone groups is 1. The molecule has 0 saturated carbocycles. The van der Waals surface area contributed by atoms with Crippen LogP contribution in [0.5, 0.6) is 0 Å². The molecular formula is C19H13ClN4O3S. The summed E-state index contributed by atoms with van der Waals surface area (Å²) < 4.78 is 26.0. The lowest BCUT2D eigenvalue weighted by Gasteiger charge is -2.09. The van der Waals surface area contributed by atoms with Gasteiger partial charge in [-0.15, -0.1) is 0 Å². The molecule has 1 aliphatic heterocycles. The normalized spacial score (nSPS) is 14.3. The Morgan fingerprint density at radius 2 is 1.82 bits per heavy atom. The first-order chi connectivity index (χ1) is 13.4. The minimum absolute atomic E-state index is 0.0899. The van der Waals surface area contributed by atoms with Crippen LogP contribution >= 0.6 is 11.6 Å². The van der Waals surface area contributed by atoms with Crippen molar-refractivity contribution in [1.29, 1.82) is 5.26 Å². The molecule has 7 nitrogen and oxygen atoms in total. The number of imidazole rings is 1. The molecule has 0 radical (unpaired) electrons. The fraction of sp³-hybridized carbons (Fsp3) is 0.105. The number of fused-ring (bicyclic) bond motifs is 1. The topological polar surface area (TPSA) is 105 Å². The van der Waals surface area contributed by atoms with Crippen molar-refractivity contribution in [3.05, 3.63) is 64.8 Å². The molecule has 1 aromatic heterocycles. The molecule has 28 heavy (non-hydrogen) atoms. The fourth-order valence-electron chi connectivity index (χ4n) is 3.04. The summed E-state index contributed by atoms with van der Waals surface area (Å²) in [7, 11) is -3.53. The van der Waals surface area contributed by atoms with Crippen LogP contribution in [0.4, 0.5) is 5.69 Å². The maximum atomic E-state index is 13.0. The van der Waals surface area contributed by atoms with E-state index in [0.717, 1.165) is 0 Å². The van der Waals surface area contributed by atoms with Crippen LogP contribution in [0.1, 0.15) is 16.1 Å². The molecule has 0 atom stereocenters. The summed E-state index contributed by atoms with van der Waals surface area (Å²) in [6.45, 7) is 0.161. The fourth-order valence-corrected chi connectivity index (χ4v) is 4.52. The van der Waals surface area contributed by atoms with Gasteiger partial charge in [0.15, 0.2) is 0 Å². The first-order valence-corrected chi connectivity index (χ1v) is 10.3. The van der Waals surface area contributed by atoms with Crippen molar-refractivity contribution in [3.8, 4) is 17.3 Å². The van der Waals surface area contributed by atoms with Crippen LogP contribution in [0, 0.1) is 11.3 Å². The number of carbonyl (C=O) groups excluding carboxylic acids is 1. The van der Waals surface area contributed by atoms with Crippen LogP contribution in [0.15, 0.2) is 53.7 Å². The van der Waals surface area contributed by atoms with Gasteiger partial charge in [0.1, 0.15) is 11.4 Å². The number of nitrogens with one attached hydrogen (secondary N) is 1. The van der Waals surface area contributed by atoms with Crippen LogP contribution in [0.2, 0.25) is 5.02 Å². The molecule has 2 aromatic carbocycles. The van der Waals surface area contributed by atoms with E-state index in [1.54, 1.807) is 48.5 Å². The monoisotopic (exact) mass is 412 g/mol. The summed E-state index contributed by atoms with van der Waals surface area (Å²) in [6, 6.07) is 15.1. The van der Waals surface area contributed by atoms with Crippen molar-refractivity contribution in [2.75, 3.05) is 11.1 Å². The van der Waals surface area contributed by atoms with E-state index >= 15 is 0 Å². The number of halogens is 1. The summed E-state index contributed by atoms with van der Waals surface area (Å²) in [6.07, 6.45) is 0. The van der Waals surface area contributed by atoms with Crippen molar-refractivity contribution in [3.63, 3.8) is 0 Å². The lowest BCUT2D eigenvalue weighted by atomic mass is 10.1. The number of nitrogens with zero attached hydrogens (tertiary/aromatic N) is 3. The largest absolute Gasteiger partial charge is 0.321 e. The second-order valence-corrected chi connectivity index (χ2v) is 8.65. The minimum atomic E-state index is -3.53. The average Bonchev–Trinajstić information content (AvgIpc) is 3.21. The smallest absolute Gasteiger partial charge is 0.274 e. The van der Waals surface area contributed by atoms with E-state index in [1.165, 1.54) is 4.57 Å². The quantitative estimate of drug-likeness (QED) is 0.711. The molecule has 1 aliphatic rings. The molecule has 0 saturated heterocycles. The molecule has 4 rings (SSSR count). The number of aromatic nitrogens is 2. The van der Waals surface area contributed by atoms with Gasteiger partial charge in [-0.25, -0.2) is 13.4 Å². The molecule has 1 amide bonds. The van der Waals surface area contributed by atoms with E-state index in [0.29, 0.717) is 21.8 Å². The summed E-state index contributed by atoms with van der Waals surface area (Å²) >= 11 is 5.93. The van der Waals surface area contributed by atoms with Crippen LogP contribution < -0.4 is 5.32 Å². The zero-order valence-corrected chi connectivity index (χ0v) is 16.0. The molecule has 2 heterocycles. The van der Waals surface area contributed by atoms with E-state index in [-0.39, 0.29) is 28.8 Å². The van der Waals surface area contributed by atoms with Crippen molar-refractivity contribution in [2.24, 2.45) is 0 Å². The van der Waals surface area contributed by atoms with Crippen molar-refractivity contribution in [2.45, 2.75) is 11.7 Å². The highest BCUT2D eigenvalue weighted by atomic mass is 35.5. The first kappa shape index (κ1) is 18.2. The molecule has 0 spiro atoms. The zero-order chi connectivity index (χ0) is 19.9. The predicted molar refractivity (Wildman–Crippen MR) is 104 cm³/mol. The van der Waals surface area contributed by atoms with Gasteiger partial charge < -0.3 is 9.88 Å². The molecule has 1 N–H and O–H groups in total. The molecule has 0 bridgehead atoms. The Hall–Kier alpha value is -3.15. The first-order valence-electron chi connectivity index (χ1n) is 8.30. The van der Waals surface area contributed by atoms with Gasteiger partial charge in [0.2, 0.25) is 15.0 Å². The number of rotatable bonds is 3. The second-order valence-electron chi connectivity index (χ2n) is 6.21. The lowest BCUT2D eigenvalue weighted by molar-refractivity contribution is 0.101. The molecule has 0 fully saturated rings. The summed E-state index contributed by atoms with van der Waals surface area (Å²) in [5.74, 6) is -0.571. The summed E-state index contributed by atoms with van der Waals surface area (Å²) in [4.78, 5) is 17.3. The molecular weight excluding hydrogens is 400 g/mol. The van der Waals surface area contributed by atoms with E-state index < -0.39 is 15.7 Å². The Kier molecular flexibility index (Phi) is 4.41. The number of benzene rings is 2. The number of hydrogen-bond donors (Lipinski definition) is 1. The highest BCUT2D eigenvalue weighted by Crippen LogP contribution is 2.31. The Morgan fingerprint density at radius 1 is 1.14 bits per heavy atom. The van der Waals surface area contributed by atoms with Gasteiger partial charge in [0.05, 0.1) is 17.4 Å². The van der Waals surface area contributed by atoms with Gasteiger partial charge in [0.25, 0.3) is 5.91 Å². The highest BCUT2D eigenvalue weighted by molar-refractivity contribution is 7.91. The van der Waals surface area contributed by atoms with Gasteiger partial charge >= 0.3 is 0 Å². The van der Waals surface area contributed by atoms with E-state index in [4.69, 9.17) is 16.9 Å². The van der Waals surface area contributed by atoms with Gasteiger partial charge in [0, 0.05) is 22.8 Å². The van der Waals surface area contributed by atoms with Crippen molar-refractivity contribution >= 4 is 33.0 Å². The molecule has 9 heteroatoms. The van der Waals surface area contributed by atoms with Gasteiger partial charge in [-0.1, -0.05) is 23.7 Å². The Bertz CT molecular complexity index is 1220. The van der Waals surface area contributed by atoms with Crippen LogP contribution in [-0.4, -0.2) is 29.6 Å². The maximum Gasteiger partial charge on any atom is 0.274 e. The van der Waals surface area contributed by atoms with Gasteiger partial charge in [-0.2, -0.15) is 5.26 Å². The lowest BCUT2D eigenvalue weighted by Crippen LogP contribution is -2.17. The maximum absolute atomic E-state index is 13.0. The number of hydrogen-bond acceptors (Lipinski definition) is 5. The number of amides is 1. The Labute approximate surface area is 166 Å². The zero-order valence-electron chi connectivity index (χ0n) is 14.4. The van der Waals surface area contributed by atoms with E-state index in [1.807, 2.05) is 6.07 Å². The standard InChI is InChI=1S/C19H13ClN4O3S/c20-14-5-3-13(4-6-14)16-17(24-9-10-28(26,27)19(24)23-16)18(25)22-15-7-1-12(11-21)2-8-15/h1-8H,9-10H2,(H,22,25). The van der Waals surface area contributed by atoms with Gasteiger partial charge in [-0.3, -0.25) is 4.79 Å². The molecule has 0 aliphatic carbocycles. The predicted octanol–water partition coefficient (Wildman–Crippen LogP) is 3.11. The Morgan fingerprint density at radius 3 is 2.46 bits per heavy atom. The van der Waals surface area contributed by atoms with Crippen LogP contribution in [-0.2, 0) is 16.4 Å². The highest BCUT2D eigenvalue weighted by Gasteiger charge is 2.35. The molecule has 0 unspecified atom stereocenters. The van der Waals surface area contributed by atoms with Crippen molar-refractivity contribution in [1.82, 2.24) is 9.55 Å². The van der Waals surface area contributed by atoms with E-state index in [9.17, 15) is 13.2 Å². The summed E-state index contributed by atoms with van der Waals surface area (Å²) in [5.41, 5.74) is 1.99. The number of nitriles is 1. The summed E-state index contributed by atoms with van der Waals surface area (Å²) in [5, 5.41) is 12.0. The third-order valence-corrected chi connectivity index (χ3v) is 6.24. The molecule has 140 valence electrons. The third-order valence-electron chi connectivity index (χ3n) is 4.40. The van der Waals surface area contributed by atoms with Crippen LogP contribution in [0.25, 0.3) is 11.3 Å². The second kappa shape index (κ2) is 6.78. The SMILES string of the molecule is N#Cc1ccc(NC(=O)c2c(-c3ccc(Cl)cc3)nc3n2CCS3(=O)=O)cc1. The van der Waals surface area contributed by atoms with Crippen molar-refractivity contribution < 1.29 is 13.2 Å². The van der Waals surface area contributed by atoms with E-state index in [2.05, 4.69) is 10.3 Å². The average molecular weight is 413 g/mol. The number of carbonyl (C=O) groups is 1. The minimum Gasteiger partial charge on any atom is -0.321 e. The third kappa shape index (κ3) is 3.15. The Balaban J connectivity index is 1.79. The van der Waals surface area contributed by atoms with Gasteiger partial charge in [-0.05, 0) is 36.4 Å².